The second-order valence-corrected chi connectivity index (χ2v) is 4.82. The molecule has 0 unspecified atom stereocenters. The highest BCUT2D eigenvalue weighted by Crippen LogP contribution is 2.28. The van der Waals surface area contributed by atoms with E-state index < -0.39 is 5.97 Å². The van der Waals surface area contributed by atoms with Gasteiger partial charge >= 0.3 is 5.97 Å². The number of thioether (sulfide) groups is 1. The molecule has 0 fully saturated rings. The van der Waals surface area contributed by atoms with Crippen LogP contribution in [0.3, 0.4) is 0 Å². The molecule has 0 spiro atoms. The van der Waals surface area contributed by atoms with Gasteiger partial charge in [0.2, 0.25) is 0 Å². The van der Waals surface area contributed by atoms with Crippen LogP contribution in [0.4, 0.5) is 10.2 Å². The highest BCUT2D eigenvalue weighted by atomic mass is 32.2. The number of nitrogens with zero attached hydrogens (tertiary/aromatic N) is 2. The van der Waals surface area contributed by atoms with Crippen molar-refractivity contribution >= 4 is 23.5 Å². The lowest BCUT2D eigenvalue weighted by atomic mass is 10.1. The van der Waals surface area contributed by atoms with Gasteiger partial charge in [0.15, 0.2) is 5.16 Å². The summed E-state index contributed by atoms with van der Waals surface area (Å²) in [6, 6.07) is 5.65. The van der Waals surface area contributed by atoms with E-state index in [1.165, 1.54) is 36.0 Å². The van der Waals surface area contributed by atoms with Crippen LogP contribution in [-0.4, -0.2) is 28.8 Å². The maximum Gasteiger partial charge on any atom is 0.344 e. The molecule has 0 amide bonds. The van der Waals surface area contributed by atoms with Gasteiger partial charge in [0, 0.05) is 5.56 Å². The Kier molecular flexibility index (Phi) is 4.74. The standard InChI is InChI=1S/C14H14FN3O2S/c1-3-20-13(19)10-11(8-4-6-9(15)7-5-8)17-14(21-2)18-12(10)16/h4-7H,3H2,1-2H3,(H2,16,17,18). The number of hydrogen-bond acceptors (Lipinski definition) is 6. The third-order valence-corrected chi connectivity index (χ3v) is 3.24. The fourth-order valence-corrected chi connectivity index (χ4v) is 2.14. The Balaban J connectivity index is 2.62. The van der Waals surface area contributed by atoms with E-state index in [0.29, 0.717) is 16.4 Å². The molecule has 7 heteroatoms. The average Bonchev–Trinajstić information content (AvgIpc) is 2.47. The van der Waals surface area contributed by atoms with Gasteiger partial charge < -0.3 is 10.5 Å². The minimum Gasteiger partial charge on any atom is -0.462 e. The summed E-state index contributed by atoms with van der Waals surface area (Å²) in [6.07, 6.45) is 1.80. The largest absolute Gasteiger partial charge is 0.462 e. The number of aromatic nitrogens is 2. The lowest BCUT2D eigenvalue weighted by Crippen LogP contribution is -2.13. The van der Waals surface area contributed by atoms with Gasteiger partial charge in [-0.15, -0.1) is 0 Å². The second-order valence-electron chi connectivity index (χ2n) is 4.05. The van der Waals surface area contributed by atoms with Crippen LogP contribution < -0.4 is 5.73 Å². The second kappa shape index (κ2) is 6.53. The van der Waals surface area contributed by atoms with Crippen LogP contribution in [0.1, 0.15) is 17.3 Å². The van der Waals surface area contributed by atoms with Crippen molar-refractivity contribution in [2.75, 3.05) is 18.6 Å². The van der Waals surface area contributed by atoms with Crippen molar-refractivity contribution < 1.29 is 13.9 Å². The van der Waals surface area contributed by atoms with E-state index in [-0.39, 0.29) is 23.8 Å². The van der Waals surface area contributed by atoms with E-state index in [4.69, 9.17) is 10.5 Å². The summed E-state index contributed by atoms with van der Waals surface area (Å²) in [5, 5.41) is 0.430. The Hall–Kier alpha value is -2.15. The maximum absolute atomic E-state index is 13.1. The van der Waals surface area contributed by atoms with Gasteiger partial charge in [0.25, 0.3) is 0 Å². The first-order chi connectivity index (χ1) is 10.1. The molecule has 5 nitrogen and oxygen atoms in total. The predicted octanol–water partition coefficient (Wildman–Crippen LogP) is 2.76. The summed E-state index contributed by atoms with van der Waals surface area (Å²) in [4.78, 5) is 20.4. The van der Waals surface area contributed by atoms with Gasteiger partial charge in [0.1, 0.15) is 17.2 Å². The summed E-state index contributed by atoms with van der Waals surface area (Å²) in [5.41, 5.74) is 6.87. The van der Waals surface area contributed by atoms with Crippen LogP contribution >= 0.6 is 11.8 Å². The van der Waals surface area contributed by atoms with E-state index >= 15 is 0 Å². The number of anilines is 1. The Labute approximate surface area is 125 Å². The summed E-state index contributed by atoms with van der Waals surface area (Å²) < 4.78 is 18.0. The zero-order valence-electron chi connectivity index (χ0n) is 11.6. The molecule has 0 aliphatic carbocycles. The van der Waals surface area contributed by atoms with Crippen molar-refractivity contribution in [3.8, 4) is 11.3 Å². The third-order valence-electron chi connectivity index (χ3n) is 2.70. The number of nitrogen functional groups attached to an aromatic ring is 1. The smallest absolute Gasteiger partial charge is 0.344 e. The van der Waals surface area contributed by atoms with Crippen LogP contribution in [0.2, 0.25) is 0 Å². The summed E-state index contributed by atoms with van der Waals surface area (Å²) in [7, 11) is 0. The molecular weight excluding hydrogens is 293 g/mol. The van der Waals surface area contributed by atoms with Crippen molar-refractivity contribution in [1.82, 2.24) is 9.97 Å². The van der Waals surface area contributed by atoms with Crippen LogP contribution in [0.5, 0.6) is 0 Å². The zero-order valence-corrected chi connectivity index (χ0v) is 12.4. The van der Waals surface area contributed by atoms with Crippen molar-refractivity contribution in [3.05, 3.63) is 35.6 Å². The monoisotopic (exact) mass is 307 g/mol. The molecule has 1 heterocycles. The number of nitrogens with two attached hydrogens (primary N) is 1. The molecule has 0 atom stereocenters. The Bertz CT molecular complexity index is 662. The lowest BCUT2D eigenvalue weighted by Gasteiger charge is -2.11. The third kappa shape index (κ3) is 3.30. The van der Waals surface area contributed by atoms with Crippen LogP contribution in [-0.2, 0) is 4.74 Å². The van der Waals surface area contributed by atoms with E-state index in [2.05, 4.69) is 9.97 Å². The normalized spacial score (nSPS) is 10.4. The molecule has 2 N–H and O–H groups in total. The quantitative estimate of drug-likeness (QED) is 0.531. The molecule has 0 saturated carbocycles. The van der Waals surface area contributed by atoms with Crippen molar-refractivity contribution in [1.29, 1.82) is 0 Å². The highest BCUT2D eigenvalue weighted by Gasteiger charge is 2.21. The minimum absolute atomic E-state index is 0.0483. The number of benzene rings is 1. The molecule has 1 aromatic carbocycles. The lowest BCUT2D eigenvalue weighted by molar-refractivity contribution is 0.0527. The fraction of sp³-hybridized carbons (Fsp3) is 0.214. The van der Waals surface area contributed by atoms with Gasteiger partial charge in [-0.3, -0.25) is 0 Å². The first kappa shape index (κ1) is 15.2. The Morgan fingerprint density at radius 1 is 1.33 bits per heavy atom. The summed E-state index contributed by atoms with van der Waals surface area (Å²) >= 11 is 1.30. The number of ether oxygens (including phenoxy) is 1. The molecule has 2 rings (SSSR count). The molecule has 0 aliphatic heterocycles. The van der Waals surface area contributed by atoms with Gasteiger partial charge in [-0.05, 0) is 37.4 Å². The number of carbonyl (C=O) groups excluding carboxylic acids is 1. The Morgan fingerprint density at radius 2 is 2.00 bits per heavy atom. The van der Waals surface area contributed by atoms with E-state index in [1.807, 2.05) is 0 Å². The van der Waals surface area contributed by atoms with E-state index in [0.717, 1.165) is 0 Å². The predicted molar refractivity (Wildman–Crippen MR) is 79.6 cm³/mol. The SMILES string of the molecule is CCOC(=O)c1c(N)nc(SC)nc1-c1ccc(F)cc1. The minimum atomic E-state index is -0.595. The molecule has 0 radical (unpaired) electrons. The van der Waals surface area contributed by atoms with E-state index in [9.17, 15) is 9.18 Å². The van der Waals surface area contributed by atoms with Gasteiger partial charge in [-0.25, -0.2) is 19.2 Å². The number of halogens is 1. The average molecular weight is 307 g/mol. The summed E-state index contributed by atoms with van der Waals surface area (Å²) in [6.45, 7) is 1.91. The first-order valence-corrected chi connectivity index (χ1v) is 7.43. The fourth-order valence-electron chi connectivity index (χ4n) is 1.77. The molecule has 110 valence electrons. The molecule has 0 saturated heterocycles. The van der Waals surface area contributed by atoms with Gasteiger partial charge in [0.05, 0.1) is 12.3 Å². The van der Waals surface area contributed by atoms with Crippen molar-refractivity contribution in [3.63, 3.8) is 0 Å². The van der Waals surface area contributed by atoms with Crippen molar-refractivity contribution in [2.24, 2.45) is 0 Å². The first-order valence-electron chi connectivity index (χ1n) is 6.21. The van der Waals surface area contributed by atoms with E-state index in [1.54, 1.807) is 13.2 Å². The number of carbonyl (C=O) groups is 1. The topological polar surface area (TPSA) is 78.1 Å². The highest BCUT2D eigenvalue weighted by molar-refractivity contribution is 7.98. The summed E-state index contributed by atoms with van der Waals surface area (Å²) in [5.74, 6) is -0.919. The number of rotatable bonds is 4. The van der Waals surface area contributed by atoms with Gasteiger partial charge in [-0.2, -0.15) is 0 Å². The molecule has 0 bridgehead atoms. The van der Waals surface area contributed by atoms with Crippen LogP contribution in [0.15, 0.2) is 29.4 Å². The molecule has 1 aromatic heterocycles. The number of hydrogen-bond donors (Lipinski definition) is 1. The van der Waals surface area contributed by atoms with Crippen LogP contribution in [0.25, 0.3) is 11.3 Å². The van der Waals surface area contributed by atoms with Crippen molar-refractivity contribution in [2.45, 2.75) is 12.1 Å². The van der Waals surface area contributed by atoms with Gasteiger partial charge in [-0.1, -0.05) is 11.8 Å². The molecule has 2 aromatic rings. The maximum atomic E-state index is 13.1. The molecule has 21 heavy (non-hydrogen) atoms. The molecular formula is C14H14FN3O2S. The molecule has 0 aliphatic rings. The zero-order chi connectivity index (χ0) is 15.4. The Morgan fingerprint density at radius 3 is 2.57 bits per heavy atom. The van der Waals surface area contributed by atoms with Crippen LogP contribution in [0, 0.1) is 5.82 Å². The number of esters is 1.